The fourth-order valence-electron chi connectivity index (χ4n) is 6.62. The Balaban J connectivity index is 3.46. The molecule has 1 atom stereocenters. The van der Waals surface area contributed by atoms with Crippen LogP contribution in [0.3, 0.4) is 0 Å². The Kier molecular flexibility index (Phi) is 39.4. The molecule has 0 aromatic heterocycles. The maximum atomic E-state index is 12.2. The van der Waals surface area contributed by atoms with E-state index >= 15 is 0 Å². The van der Waals surface area contributed by atoms with Crippen LogP contribution in [-0.2, 0) is 19.1 Å². The summed E-state index contributed by atoms with van der Waals surface area (Å²) in [6.45, 7) is 4.18. The van der Waals surface area contributed by atoms with E-state index in [0.29, 0.717) is 12.8 Å². The molecule has 0 heterocycles. The number of aliphatic hydroxyl groups excluding tert-OH is 1. The zero-order valence-electron chi connectivity index (χ0n) is 32.5. The number of hydrogen-bond acceptors (Lipinski definition) is 5. The molecule has 0 saturated carbocycles. The van der Waals surface area contributed by atoms with E-state index in [1.54, 1.807) is 0 Å². The summed E-state index contributed by atoms with van der Waals surface area (Å²) in [5.74, 6) is -0.572. The van der Waals surface area contributed by atoms with Crippen LogP contribution in [0.2, 0.25) is 0 Å². The molecule has 0 amide bonds. The highest BCUT2D eigenvalue weighted by atomic mass is 16.6. The highest BCUT2D eigenvalue weighted by Gasteiger charge is 2.16. The van der Waals surface area contributed by atoms with Gasteiger partial charge in [-0.15, -0.1) is 0 Å². The average Bonchev–Trinajstić information content (AvgIpc) is 3.09. The molecule has 286 valence electrons. The molecule has 48 heavy (non-hydrogen) atoms. The first-order valence-electron chi connectivity index (χ1n) is 21.6. The Hall–Kier alpha value is -1.10. The van der Waals surface area contributed by atoms with Gasteiger partial charge in [0.1, 0.15) is 6.61 Å². The van der Waals surface area contributed by atoms with Crippen molar-refractivity contribution in [2.75, 3.05) is 13.2 Å². The predicted molar refractivity (Wildman–Crippen MR) is 205 cm³/mol. The lowest BCUT2D eigenvalue weighted by Crippen LogP contribution is -2.28. The van der Waals surface area contributed by atoms with Crippen LogP contribution >= 0.6 is 0 Å². The molecule has 0 aliphatic rings. The third-order valence-electron chi connectivity index (χ3n) is 9.90. The summed E-state index contributed by atoms with van der Waals surface area (Å²) >= 11 is 0. The standard InChI is InChI=1S/C43H84O5/c1-3-5-7-9-11-13-15-17-19-21-22-24-26-28-30-32-34-36-38-43(46)48-41(39-44)40-47-42(45)37-35-33-31-29-27-25-23-20-18-16-14-12-10-8-6-4-2/h41,44H,3-40H2,1-2H3. The molecule has 0 aromatic rings. The summed E-state index contributed by atoms with van der Waals surface area (Å²) in [4.78, 5) is 24.3. The van der Waals surface area contributed by atoms with E-state index in [9.17, 15) is 14.7 Å². The van der Waals surface area contributed by atoms with Gasteiger partial charge in [0.15, 0.2) is 6.10 Å². The predicted octanol–water partition coefficient (Wildman–Crippen LogP) is 13.5. The molecule has 0 radical (unpaired) electrons. The molecular weight excluding hydrogens is 596 g/mol. The number of ether oxygens (including phenoxy) is 2. The van der Waals surface area contributed by atoms with Crippen LogP contribution in [-0.4, -0.2) is 36.4 Å². The van der Waals surface area contributed by atoms with Crippen molar-refractivity contribution >= 4 is 11.9 Å². The topological polar surface area (TPSA) is 72.8 Å². The fraction of sp³-hybridized carbons (Fsp3) is 0.953. The van der Waals surface area contributed by atoms with Crippen molar-refractivity contribution in [3.8, 4) is 0 Å². The molecule has 5 heteroatoms. The summed E-state index contributed by atoms with van der Waals surface area (Å²) < 4.78 is 10.6. The van der Waals surface area contributed by atoms with Crippen LogP contribution in [0.1, 0.15) is 245 Å². The van der Waals surface area contributed by atoms with E-state index in [1.807, 2.05) is 0 Å². The molecule has 0 aromatic carbocycles. The summed E-state index contributed by atoms with van der Waals surface area (Å²) in [6, 6.07) is 0. The second-order valence-corrected chi connectivity index (χ2v) is 14.8. The SMILES string of the molecule is CCCCCCCCCCCCCCCCCCCCC(=O)OC(CO)COC(=O)CCCCCCCCCCCCCCCCCC. The lowest BCUT2D eigenvalue weighted by Gasteiger charge is -2.15. The van der Waals surface area contributed by atoms with Crippen molar-refractivity contribution in [1.29, 1.82) is 0 Å². The van der Waals surface area contributed by atoms with Crippen LogP contribution in [0.5, 0.6) is 0 Å². The Morgan fingerprint density at radius 2 is 0.646 bits per heavy atom. The highest BCUT2D eigenvalue weighted by Crippen LogP contribution is 2.16. The second-order valence-electron chi connectivity index (χ2n) is 14.8. The van der Waals surface area contributed by atoms with Crippen molar-refractivity contribution in [3.05, 3.63) is 0 Å². The summed E-state index contributed by atoms with van der Waals surface area (Å²) in [7, 11) is 0. The smallest absolute Gasteiger partial charge is 0.306 e. The van der Waals surface area contributed by atoms with Crippen LogP contribution < -0.4 is 0 Å². The van der Waals surface area contributed by atoms with Crippen LogP contribution in [0, 0.1) is 0 Å². The van der Waals surface area contributed by atoms with E-state index < -0.39 is 6.10 Å². The van der Waals surface area contributed by atoms with Crippen molar-refractivity contribution in [2.45, 2.75) is 251 Å². The minimum atomic E-state index is -0.761. The zero-order chi connectivity index (χ0) is 35.0. The van der Waals surface area contributed by atoms with Gasteiger partial charge in [-0.2, -0.15) is 0 Å². The fourth-order valence-corrected chi connectivity index (χ4v) is 6.62. The highest BCUT2D eigenvalue weighted by molar-refractivity contribution is 5.70. The lowest BCUT2D eigenvalue weighted by molar-refractivity contribution is -0.161. The third kappa shape index (κ3) is 37.7. The van der Waals surface area contributed by atoms with Gasteiger partial charge in [0.05, 0.1) is 6.61 Å². The molecule has 0 bridgehead atoms. The number of carbonyl (C=O) groups is 2. The van der Waals surface area contributed by atoms with Gasteiger partial charge in [0, 0.05) is 12.8 Å². The Bertz CT molecular complexity index is 651. The van der Waals surface area contributed by atoms with E-state index in [1.165, 1.54) is 186 Å². The quantitative estimate of drug-likeness (QED) is 0.0515. The van der Waals surface area contributed by atoms with E-state index in [2.05, 4.69) is 13.8 Å². The van der Waals surface area contributed by atoms with Crippen LogP contribution in [0.15, 0.2) is 0 Å². The molecule has 1 N–H and O–H groups in total. The maximum Gasteiger partial charge on any atom is 0.306 e. The number of rotatable bonds is 40. The zero-order valence-corrected chi connectivity index (χ0v) is 32.5. The van der Waals surface area contributed by atoms with Gasteiger partial charge < -0.3 is 14.6 Å². The average molecular weight is 681 g/mol. The van der Waals surface area contributed by atoms with Crippen LogP contribution in [0.4, 0.5) is 0 Å². The monoisotopic (exact) mass is 681 g/mol. The van der Waals surface area contributed by atoms with Crippen molar-refractivity contribution < 1.29 is 24.2 Å². The Labute approximate surface area is 299 Å². The van der Waals surface area contributed by atoms with Gasteiger partial charge in [0.25, 0.3) is 0 Å². The lowest BCUT2D eigenvalue weighted by atomic mass is 10.0. The van der Waals surface area contributed by atoms with Gasteiger partial charge in [-0.1, -0.05) is 219 Å². The van der Waals surface area contributed by atoms with Gasteiger partial charge in [-0.25, -0.2) is 0 Å². The van der Waals surface area contributed by atoms with E-state index in [4.69, 9.17) is 9.47 Å². The van der Waals surface area contributed by atoms with E-state index in [-0.39, 0.29) is 25.2 Å². The number of carbonyl (C=O) groups excluding carboxylic acids is 2. The number of unbranched alkanes of at least 4 members (excludes halogenated alkanes) is 32. The summed E-state index contributed by atoms with van der Waals surface area (Å²) in [6.07, 6.45) is 44.6. The molecule has 0 fully saturated rings. The molecule has 0 aliphatic heterocycles. The van der Waals surface area contributed by atoms with Gasteiger partial charge in [0.2, 0.25) is 0 Å². The van der Waals surface area contributed by atoms with Crippen molar-refractivity contribution in [2.24, 2.45) is 0 Å². The van der Waals surface area contributed by atoms with Gasteiger partial charge in [-0.05, 0) is 12.8 Å². The first-order valence-corrected chi connectivity index (χ1v) is 21.6. The summed E-state index contributed by atoms with van der Waals surface area (Å²) in [5.41, 5.74) is 0. The third-order valence-corrected chi connectivity index (χ3v) is 9.90. The van der Waals surface area contributed by atoms with Gasteiger partial charge >= 0.3 is 11.9 Å². The summed E-state index contributed by atoms with van der Waals surface area (Å²) in [5, 5.41) is 9.57. The Morgan fingerprint density at radius 3 is 0.917 bits per heavy atom. The normalized spacial score (nSPS) is 12.0. The van der Waals surface area contributed by atoms with Crippen molar-refractivity contribution in [3.63, 3.8) is 0 Å². The molecule has 0 saturated heterocycles. The number of esters is 2. The largest absolute Gasteiger partial charge is 0.462 e. The van der Waals surface area contributed by atoms with E-state index in [0.717, 1.165) is 32.1 Å². The molecule has 0 spiro atoms. The van der Waals surface area contributed by atoms with Gasteiger partial charge in [-0.3, -0.25) is 9.59 Å². The molecule has 1 unspecified atom stereocenters. The first kappa shape index (κ1) is 46.9. The molecule has 0 rings (SSSR count). The maximum absolute atomic E-state index is 12.2. The molecule has 0 aliphatic carbocycles. The van der Waals surface area contributed by atoms with Crippen LogP contribution in [0.25, 0.3) is 0 Å². The Morgan fingerprint density at radius 1 is 0.396 bits per heavy atom. The number of aliphatic hydroxyl groups is 1. The molecule has 5 nitrogen and oxygen atoms in total. The minimum Gasteiger partial charge on any atom is -0.462 e. The van der Waals surface area contributed by atoms with Crippen molar-refractivity contribution in [1.82, 2.24) is 0 Å². The second kappa shape index (κ2) is 40.3. The minimum absolute atomic E-state index is 0.0565. The molecular formula is C43H84O5. The first-order chi connectivity index (χ1) is 23.6. The number of hydrogen-bond donors (Lipinski definition) is 1.